The third-order valence-corrected chi connectivity index (χ3v) is 20.6. The van der Waals surface area contributed by atoms with Crippen molar-refractivity contribution in [3.05, 3.63) is 376 Å². The van der Waals surface area contributed by atoms with Crippen LogP contribution in [0.1, 0.15) is 0 Å². The van der Waals surface area contributed by atoms with Gasteiger partial charge in [-0.25, -0.2) is 39.9 Å². The number of pyridine rings is 8. The monoisotopic (exact) mass is 1370 g/mol. The van der Waals surface area contributed by atoms with E-state index in [1.165, 1.54) is 10.8 Å². The second-order valence-electron chi connectivity index (χ2n) is 27.4. The first-order valence-corrected chi connectivity index (χ1v) is 36.3. The Morgan fingerprint density at radius 1 is 0.111 bits per heavy atom. The fourth-order valence-electron chi connectivity index (χ4n) is 14.9. The van der Waals surface area contributed by atoms with Gasteiger partial charge in [-0.2, -0.15) is 0 Å². The molecule has 0 N–H and O–H groups in total. The molecule has 0 amide bonds. The quantitative estimate of drug-likeness (QED) is 0.125. The Labute approximate surface area is 622 Å². The Kier molecular flexibility index (Phi) is 15.7. The van der Waals surface area contributed by atoms with Crippen LogP contribution in [0.15, 0.2) is 376 Å². The van der Waals surface area contributed by atoms with E-state index in [9.17, 15) is 0 Å². The van der Waals surface area contributed by atoms with E-state index in [1.807, 2.05) is 54.6 Å². The molecule has 8 nitrogen and oxygen atoms in total. The molecule has 8 heterocycles. The van der Waals surface area contributed by atoms with Gasteiger partial charge in [0.25, 0.3) is 0 Å². The minimum Gasteiger partial charge on any atom is -0.248 e. The minimum atomic E-state index is 0.899. The normalized spacial score (nSPS) is 11.5. The molecule has 8 heteroatoms. The van der Waals surface area contributed by atoms with Crippen LogP contribution in [0.4, 0.5) is 0 Å². The highest BCUT2D eigenvalue weighted by Crippen LogP contribution is 2.37. The van der Waals surface area contributed by atoms with Crippen molar-refractivity contribution in [2.45, 2.75) is 0 Å². The molecule has 13 aromatic carbocycles. The van der Waals surface area contributed by atoms with Crippen LogP contribution in [-0.4, -0.2) is 39.9 Å². The van der Waals surface area contributed by atoms with E-state index in [0.717, 1.165) is 200 Å². The zero-order chi connectivity index (χ0) is 71.4. The Morgan fingerprint density at radius 3 is 0.750 bits per heavy atom. The van der Waals surface area contributed by atoms with Gasteiger partial charge in [-0.15, -0.1) is 0 Å². The highest BCUT2D eigenvalue weighted by molar-refractivity contribution is 6.06. The SMILES string of the molecule is c1ccc(-c2ccc3ccc(-c4ccc5nc(-c6cccc(-c7ccc8ccc9ccc(-c%10ccccc%10)nc9c8n7)c6)ccc5c4)cc3n2)cc1.c1ccc(-c2ccc3ccc4ccc(-c5cccc(-c6ccc7cc(-c8ccc9ccc(-c%10ccc%11ccccc%11c%10)nc9c8)ccc7n6)c5)nc4c3n2)cc1. The third kappa shape index (κ3) is 12.2. The minimum absolute atomic E-state index is 0.899. The van der Waals surface area contributed by atoms with Gasteiger partial charge in [0.15, 0.2) is 0 Å². The van der Waals surface area contributed by atoms with E-state index in [4.69, 9.17) is 39.9 Å². The highest BCUT2D eigenvalue weighted by atomic mass is 14.8. The van der Waals surface area contributed by atoms with Crippen LogP contribution in [0.3, 0.4) is 0 Å². The predicted molar refractivity (Wildman–Crippen MR) is 447 cm³/mol. The lowest BCUT2D eigenvalue weighted by Gasteiger charge is -2.10. The summed E-state index contributed by atoms with van der Waals surface area (Å²) in [7, 11) is 0. The summed E-state index contributed by atoms with van der Waals surface area (Å²) < 4.78 is 0. The van der Waals surface area contributed by atoms with Crippen LogP contribution in [-0.2, 0) is 0 Å². The molecule has 0 radical (unpaired) electrons. The van der Waals surface area contributed by atoms with Crippen LogP contribution in [0.5, 0.6) is 0 Å². The van der Waals surface area contributed by atoms with Gasteiger partial charge in [0.1, 0.15) is 0 Å². The van der Waals surface area contributed by atoms with Crippen molar-refractivity contribution < 1.29 is 0 Å². The molecule has 502 valence electrons. The van der Waals surface area contributed by atoms with Gasteiger partial charge in [-0.3, -0.25) is 0 Å². The molecule has 0 unspecified atom stereocenters. The lowest BCUT2D eigenvalue weighted by atomic mass is 10.00. The summed E-state index contributed by atoms with van der Waals surface area (Å²) in [5.74, 6) is 0. The van der Waals surface area contributed by atoms with E-state index in [2.05, 4.69) is 322 Å². The van der Waals surface area contributed by atoms with Crippen LogP contribution < -0.4 is 0 Å². The van der Waals surface area contributed by atoms with Crippen LogP contribution >= 0.6 is 0 Å². The molecule has 0 saturated carbocycles. The molecular formula is C100H62N8. The van der Waals surface area contributed by atoms with E-state index < -0.39 is 0 Å². The van der Waals surface area contributed by atoms with Crippen molar-refractivity contribution >= 4 is 98.0 Å². The zero-order valence-corrected chi connectivity index (χ0v) is 58.4. The average molecular weight is 1380 g/mol. The molecule has 0 aliphatic rings. The van der Waals surface area contributed by atoms with Gasteiger partial charge in [-0.1, -0.05) is 273 Å². The summed E-state index contributed by atoms with van der Waals surface area (Å²) >= 11 is 0. The van der Waals surface area contributed by atoms with Gasteiger partial charge in [0.2, 0.25) is 0 Å². The summed E-state index contributed by atoms with van der Waals surface area (Å²) in [5.41, 5.74) is 28.0. The first kappa shape index (κ1) is 63.1. The van der Waals surface area contributed by atoms with Crippen LogP contribution in [0.2, 0.25) is 0 Å². The first-order chi connectivity index (χ1) is 53.4. The van der Waals surface area contributed by atoms with E-state index in [1.54, 1.807) is 0 Å². The summed E-state index contributed by atoms with van der Waals surface area (Å²) in [5, 5.41) is 11.1. The number of fused-ring (bicyclic) bond motifs is 11. The number of benzene rings is 13. The Morgan fingerprint density at radius 2 is 0.352 bits per heavy atom. The topological polar surface area (TPSA) is 103 Å². The summed E-state index contributed by atoms with van der Waals surface area (Å²) in [6.07, 6.45) is 0. The molecule has 0 aliphatic heterocycles. The Balaban J connectivity index is 0.000000143. The van der Waals surface area contributed by atoms with Gasteiger partial charge < -0.3 is 0 Å². The molecule has 0 aliphatic carbocycles. The third-order valence-electron chi connectivity index (χ3n) is 20.6. The largest absolute Gasteiger partial charge is 0.248 e. The molecular weight excluding hydrogens is 1310 g/mol. The number of nitrogens with zero attached hydrogens (tertiary/aromatic N) is 8. The van der Waals surface area contributed by atoms with Crippen molar-refractivity contribution in [2.75, 3.05) is 0 Å². The molecule has 0 bridgehead atoms. The molecule has 21 aromatic rings. The molecule has 0 spiro atoms. The molecule has 108 heavy (non-hydrogen) atoms. The molecule has 0 atom stereocenters. The van der Waals surface area contributed by atoms with Gasteiger partial charge in [0.05, 0.1) is 89.7 Å². The summed E-state index contributed by atoms with van der Waals surface area (Å²) in [4.78, 5) is 40.9. The Bertz CT molecular complexity index is 7130. The Hall–Kier alpha value is -14.6. The first-order valence-electron chi connectivity index (χ1n) is 36.3. The van der Waals surface area contributed by atoms with Gasteiger partial charge in [-0.05, 0) is 136 Å². The van der Waals surface area contributed by atoms with Gasteiger partial charge in [0, 0.05) is 87.6 Å². The molecule has 0 fully saturated rings. The molecule has 21 rings (SSSR count). The van der Waals surface area contributed by atoms with Crippen molar-refractivity contribution in [3.63, 3.8) is 0 Å². The van der Waals surface area contributed by atoms with Crippen molar-refractivity contribution in [2.24, 2.45) is 0 Å². The standard InChI is InChI=1S/C52H32N4.C48H30N4/c1-2-8-34(9-3-1)45-25-20-36-15-16-37-21-26-49(56-52(37)51(36)55-45)42-12-6-11-41(31-42)46-28-23-44-30-39(22-27-47(44)53-46)40-17-14-35-19-24-48(54-50(35)32-40)43-18-13-33-7-4-5-10-38(33)29-43;1-3-8-31(9-4-1)41-23-18-33-14-17-37(30-46(33)50-41)36-21-26-44-40(28-36)22-27-43(49-44)38-12-7-13-39(29-38)45-25-20-35-16-15-34-19-24-42(32-10-5-2-6-11-32)51-47(34)48(35)52-45/h1-32H;1-30H. The summed E-state index contributed by atoms with van der Waals surface area (Å²) in [6, 6.07) is 131. The number of hydrogen-bond acceptors (Lipinski definition) is 8. The maximum absolute atomic E-state index is 5.19. The van der Waals surface area contributed by atoms with Gasteiger partial charge >= 0.3 is 0 Å². The molecule has 0 saturated heterocycles. The van der Waals surface area contributed by atoms with Crippen LogP contribution in [0, 0.1) is 0 Å². The number of aromatic nitrogens is 8. The highest BCUT2D eigenvalue weighted by Gasteiger charge is 2.16. The fraction of sp³-hybridized carbons (Fsp3) is 0. The zero-order valence-electron chi connectivity index (χ0n) is 58.4. The molecule has 8 aromatic heterocycles. The lowest BCUT2D eigenvalue weighted by molar-refractivity contribution is 1.36. The fourth-order valence-corrected chi connectivity index (χ4v) is 14.9. The lowest BCUT2D eigenvalue weighted by Crippen LogP contribution is -1.91. The van der Waals surface area contributed by atoms with E-state index >= 15 is 0 Å². The maximum atomic E-state index is 5.19. The predicted octanol–water partition coefficient (Wildman–Crippen LogP) is 25.6. The van der Waals surface area contributed by atoms with Crippen molar-refractivity contribution in [1.29, 1.82) is 0 Å². The van der Waals surface area contributed by atoms with Crippen LogP contribution in [0.25, 0.3) is 210 Å². The number of rotatable bonds is 10. The second kappa shape index (κ2) is 26.9. The van der Waals surface area contributed by atoms with Crippen molar-refractivity contribution in [3.8, 4) is 112 Å². The second-order valence-corrected chi connectivity index (χ2v) is 27.4. The van der Waals surface area contributed by atoms with Crippen molar-refractivity contribution in [1.82, 2.24) is 39.9 Å². The van der Waals surface area contributed by atoms with E-state index in [0.29, 0.717) is 0 Å². The smallest absolute Gasteiger partial charge is 0.0972 e. The maximum Gasteiger partial charge on any atom is 0.0972 e. The van der Waals surface area contributed by atoms with E-state index in [-0.39, 0.29) is 0 Å². The average Bonchev–Trinajstić information content (AvgIpc) is 0.769. The summed E-state index contributed by atoms with van der Waals surface area (Å²) in [6.45, 7) is 0. The number of hydrogen-bond donors (Lipinski definition) is 0.